The summed E-state index contributed by atoms with van der Waals surface area (Å²) in [5, 5.41) is 5.97. The third-order valence-electron chi connectivity index (χ3n) is 4.56. The van der Waals surface area contributed by atoms with Gasteiger partial charge < -0.3 is 4.57 Å². The van der Waals surface area contributed by atoms with Crippen LogP contribution in [-0.4, -0.2) is 26.5 Å². The van der Waals surface area contributed by atoms with Gasteiger partial charge in [0, 0.05) is 28.7 Å². The lowest BCUT2D eigenvalue weighted by atomic mass is 10.1. The van der Waals surface area contributed by atoms with Gasteiger partial charge in [-0.2, -0.15) is 0 Å². The van der Waals surface area contributed by atoms with Gasteiger partial charge in [-0.05, 0) is 68.0 Å². The molecule has 27 heavy (non-hydrogen) atoms. The molecular weight excluding hydrogens is 360 g/mol. The predicted molar refractivity (Wildman–Crippen MR) is 107 cm³/mol. The highest BCUT2D eigenvalue weighted by molar-refractivity contribution is 7.80. The van der Waals surface area contributed by atoms with Gasteiger partial charge in [-0.1, -0.05) is 6.07 Å². The summed E-state index contributed by atoms with van der Waals surface area (Å²) in [4.78, 5) is 28.5. The van der Waals surface area contributed by atoms with Crippen LogP contribution in [0.3, 0.4) is 0 Å². The van der Waals surface area contributed by atoms with Crippen molar-refractivity contribution in [3.63, 3.8) is 0 Å². The molecule has 0 atom stereocenters. The summed E-state index contributed by atoms with van der Waals surface area (Å²) in [6.07, 6.45) is 3.36. The SMILES string of the molecule is Cc1cc(C=C2C(=O)NC(=S)NC2=O)c(C)n1-c1ccc2ncccc2c1. The van der Waals surface area contributed by atoms with Crippen LogP contribution in [-0.2, 0) is 9.59 Å². The molecule has 2 N–H and O–H groups in total. The van der Waals surface area contributed by atoms with Crippen molar-refractivity contribution in [2.75, 3.05) is 0 Å². The molecule has 6 nitrogen and oxygen atoms in total. The van der Waals surface area contributed by atoms with Gasteiger partial charge in [0.1, 0.15) is 5.57 Å². The largest absolute Gasteiger partial charge is 0.318 e. The van der Waals surface area contributed by atoms with E-state index in [1.165, 1.54) is 0 Å². The second-order valence-electron chi connectivity index (χ2n) is 6.34. The highest BCUT2D eigenvalue weighted by Crippen LogP contribution is 2.25. The van der Waals surface area contributed by atoms with E-state index in [0.717, 1.165) is 33.5 Å². The van der Waals surface area contributed by atoms with Crippen LogP contribution in [0.15, 0.2) is 48.2 Å². The van der Waals surface area contributed by atoms with Crippen LogP contribution in [0.25, 0.3) is 22.7 Å². The molecule has 4 rings (SSSR count). The summed E-state index contributed by atoms with van der Waals surface area (Å²) in [5.41, 5.74) is 4.68. The van der Waals surface area contributed by atoms with E-state index in [9.17, 15) is 9.59 Å². The number of thiocarbonyl (C=S) groups is 1. The van der Waals surface area contributed by atoms with Crippen molar-refractivity contribution in [3.8, 4) is 5.69 Å². The summed E-state index contributed by atoms with van der Waals surface area (Å²) in [5.74, 6) is -0.990. The van der Waals surface area contributed by atoms with Gasteiger partial charge in [0.15, 0.2) is 5.11 Å². The molecule has 1 aromatic carbocycles. The number of carbonyl (C=O) groups excluding carboxylic acids is 2. The van der Waals surface area contributed by atoms with Crippen LogP contribution in [0, 0.1) is 13.8 Å². The number of pyridine rings is 1. The maximum Gasteiger partial charge on any atom is 0.263 e. The maximum atomic E-state index is 12.1. The average molecular weight is 376 g/mol. The van der Waals surface area contributed by atoms with Crippen LogP contribution < -0.4 is 10.6 Å². The molecule has 2 aromatic heterocycles. The normalized spacial score (nSPS) is 14.3. The maximum absolute atomic E-state index is 12.1. The lowest BCUT2D eigenvalue weighted by molar-refractivity contribution is -0.123. The van der Waals surface area contributed by atoms with Crippen molar-refractivity contribution in [1.82, 2.24) is 20.2 Å². The van der Waals surface area contributed by atoms with Gasteiger partial charge in [0.25, 0.3) is 11.8 Å². The second kappa shape index (κ2) is 6.44. The summed E-state index contributed by atoms with van der Waals surface area (Å²) in [6.45, 7) is 3.94. The topological polar surface area (TPSA) is 76.0 Å². The zero-order chi connectivity index (χ0) is 19.1. The average Bonchev–Trinajstić information content (AvgIpc) is 2.91. The molecule has 2 amide bonds. The molecule has 0 saturated carbocycles. The Morgan fingerprint density at radius 1 is 1.07 bits per heavy atom. The van der Waals surface area contributed by atoms with Gasteiger partial charge in [-0.3, -0.25) is 25.2 Å². The first-order valence-electron chi connectivity index (χ1n) is 8.36. The van der Waals surface area contributed by atoms with Crippen molar-refractivity contribution in [3.05, 3.63) is 65.1 Å². The van der Waals surface area contributed by atoms with E-state index in [4.69, 9.17) is 12.2 Å². The van der Waals surface area contributed by atoms with Gasteiger partial charge in [-0.25, -0.2) is 0 Å². The molecule has 0 spiro atoms. The van der Waals surface area contributed by atoms with Crippen LogP contribution in [0.5, 0.6) is 0 Å². The Bertz CT molecular complexity index is 1140. The summed E-state index contributed by atoms with van der Waals surface area (Å²) < 4.78 is 2.09. The third kappa shape index (κ3) is 3.02. The van der Waals surface area contributed by atoms with Gasteiger partial charge >= 0.3 is 0 Å². The smallest absolute Gasteiger partial charge is 0.263 e. The highest BCUT2D eigenvalue weighted by Gasteiger charge is 2.26. The van der Waals surface area contributed by atoms with Crippen molar-refractivity contribution in [2.45, 2.75) is 13.8 Å². The van der Waals surface area contributed by atoms with E-state index in [1.54, 1.807) is 12.3 Å². The zero-order valence-electron chi connectivity index (χ0n) is 14.7. The quantitative estimate of drug-likeness (QED) is 0.409. The second-order valence-corrected chi connectivity index (χ2v) is 6.75. The highest BCUT2D eigenvalue weighted by atomic mass is 32.1. The zero-order valence-corrected chi connectivity index (χ0v) is 15.6. The molecule has 1 aliphatic rings. The Kier molecular flexibility index (Phi) is 4.08. The van der Waals surface area contributed by atoms with Crippen molar-refractivity contribution in [1.29, 1.82) is 0 Å². The number of carbonyl (C=O) groups is 2. The molecule has 7 heteroatoms. The molecule has 0 unspecified atom stereocenters. The lowest BCUT2D eigenvalue weighted by Gasteiger charge is -2.16. The van der Waals surface area contributed by atoms with E-state index < -0.39 is 11.8 Å². The summed E-state index contributed by atoms with van der Waals surface area (Å²) in [6, 6.07) is 11.9. The molecule has 0 aliphatic carbocycles. The van der Waals surface area contributed by atoms with E-state index >= 15 is 0 Å². The first kappa shape index (κ1) is 17.1. The van der Waals surface area contributed by atoms with Crippen molar-refractivity contribution < 1.29 is 9.59 Å². The van der Waals surface area contributed by atoms with Crippen LogP contribution in [0.4, 0.5) is 0 Å². The van der Waals surface area contributed by atoms with Crippen molar-refractivity contribution >= 4 is 46.1 Å². The van der Waals surface area contributed by atoms with E-state index in [0.29, 0.717) is 0 Å². The number of nitrogens with one attached hydrogen (secondary N) is 2. The minimum absolute atomic E-state index is 0.0254. The van der Waals surface area contributed by atoms with Crippen LogP contribution >= 0.6 is 12.2 Å². The Morgan fingerprint density at radius 3 is 2.56 bits per heavy atom. The van der Waals surface area contributed by atoms with E-state index in [1.807, 2.05) is 44.2 Å². The monoisotopic (exact) mass is 376 g/mol. The first-order chi connectivity index (χ1) is 12.9. The molecule has 0 radical (unpaired) electrons. The van der Waals surface area contributed by atoms with Crippen LogP contribution in [0.1, 0.15) is 17.0 Å². The Hall–Kier alpha value is -3.32. The van der Waals surface area contributed by atoms with E-state index in [-0.39, 0.29) is 10.7 Å². The van der Waals surface area contributed by atoms with Gasteiger partial charge in [-0.15, -0.1) is 0 Å². The molecule has 0 bridgehead atoms. The minimum atomic E-state index is -0.495. The predicted octanol–water partition coefficient (Wildman–Crippen LogP) is 2.56. The number of benzene rings is 1. The van der Waals surface area contributed by atoms with Crippen LogP contribution in [0.2, 0.25) is 0 Å². The minimum Gasteiger partial charge on any atom is -0.318 e. The Labute approximate surface area is 160 Å². The molecule has 134 valence electrons. The van der Waals surface area contributed by atoms with Gasteiger partial charge in [0.2, 0.25) is 0 Å². The lowest BCUT2D eigenvalue weighted by Crippen LogP contribution is -2.51. The number of rotatable bonds is 2. The molecular formula is C20H16N4O2S. The molecule has 1 aliphatic heterocycles. The molecule has 1 saturated heterocycles. The van der Waals surface area contributed by atoms with Crippen molar-refractivity contribution in [2.24, 2.45) is 0 Å². The molecule has 3 aromatic rings. The Balaban J connectivity index is 1.80. The third-order valence-corrected chi connectivity index (χ3v) is 4.76. The first-order valence-corrected chi connectivity index (χ1v) is 8.77. The molecule has 3 heterocycles. The number of hydrogen-bond donors (Lipinski definition) is 2. The number of aryl methyl sites for hydroxylation is 1. The Morgan fingerprint density at radius 2 is 1.81 bits per heavy atom. The van der Waals surface area contributed by atoms with E-state index in [2.05, 4.69) is 26.3 Å². The number of aromatic nitrogens is 2. The number of nitrogens with zero attached hydrogens (tertiary/aromatic N) is 2. The fourth-order valence-electron chi connectivity index (χ4n) is 3.30. The number of hydrogen-bond acceptors (Lipinski definition) is 4. The van der Waals surface area contributed by atoms with Gasteiger partial charge in [0.05, 0.1) is 5.52 Å². The summed E-state index contributed by atoms with van der Waals surface area (Å²) in [7, 11) is 0. The number of amides is 2. The number of fused-ring (bicyclic) bond motifs is 1. The fourth-order valence-corrected chi connectivity index (χ4v) is 3.48. The summed E-state index contributed by atoms with van der Waals surface area (Å²) >= 11 is 4.83. The fraction of sp³-hybridized carbons (Fsp3) is 0.100. The molecule has 1 fully saturated rings. The standard InChI is InChI=1S/C20H16N4O2S/c1-11-8-14(10-16-18(25)22-20(27)23-19(16)26)12(2)24(11)15-5-6-17-13(9-15)4-3-7-21-17/h3-10H,1-2H3,(H2,22,23,25,26,27).